The van der Waals surface area contributed by atoms with Gasteiger partial charge in [0.25, 0.3) is 5.91 Å². The highest BCUT2D eigenvalue weighted by Crippen LogP contribution is 2.25. The predicted molar refractivity (Wildman–Crippen MR) is 101 cm³/mol. The van der Waals surface area contributed by atoms with Crippen molar-refractivity contribution >= 4 is 5.91 Å². The van der Waals surface area contributed by atoms with E-state index in [1.54, 1.807) is 32.4 Å². The number of benzene rings is 2. The Morgan fingerprint density at radius 3 is 2.19 bits per heavy atom. The minimum Gasteiger partial charge on any atom is -0.497 e. The van der Waals surface area contributed by atoms with Gasteiger partial charge in [-0.15, -0.1) is 10.2 Å². The average molecular weight is 366 g/mol. The van der Waals surface area contributed by atoms with Crippen molar-refractivity contribution in [3.63, 3.8) is 0 Å². The first-order valence-corrected chi connectivity index (χ1v) is 8.48. The van der Waals surface area contributed by atoms with Gasteiger partial charge >= 0.3 is 0 Å². The lowest BCUT2D eigenvalue weighted by Crippen LogP contribution is -2.31. The zero-order valence-electron chi connectivity index (χ0n) is 15.8. The number of hydrogen-bond donors (Lipinski definition) is 1. The third-order valence-electron chi connectivity index (χ3n) is 4.41. The molecule has 140 valence electrons. The van der Waals surface area contributed by atoms with E-state index in [4.69, 9.17) is 9.47 Å². The van der Waals surface area contributed by atoms with Crippen molar-refractivity contribution < 1.29 is 14.3 Å². The summed E-state index contributed by atoms with van der Waals surface area (Å²) in [6, 6.07) is 14.3. The molecule has 3 rings (SSSR count). The van der Waals surface area contributed by atoms with Crippen LogP contribution in [0, 0.1) is 6.92 Å². The van der Waals surface area contributed by atoms with E-state index in [1.165, 1.54) is 0 Å². The Labute approximate surface area is 158 Å². The van der Waals surface area contributed by atoms with Gasteiger partial charge in [0.15, 0.2) is 5.82 Å². The molecular weight excluding hydrogens is 344 g/mol. The smallest absolute Gasteiger partial charge is 0.252 e. The molecule has 0 aliphatic carbocycles. The highest BCUT2D eigenvalue weighted by molar-refractivity contribution is 5.95. The third kappa shape index (κ3) is 3.92. The molecule has 1 aromatic heterocycles. The van der Waals surface area contributed by atoms with E-state index in [1.807, 2.05) is 48.9 Å². The van der Waals surface area contributed by atoms with Crippen molar-refractivity contribution in [2.24, 2.45) is 7.05 Å². The van der Waals surface area contributed by atoms with E-state index in [2.05, 4.69) is 15.5 Å². The van der Waals surface area contributed by atoms with E-state index >= 15 is 0 Å². The molecule has 1 atom stereocenters. The van der Waals surface area contributed by atoms with Gasteiger partial charge in [-0.1, -0.05) is 30.3 Å². The molecule has 0 unspecified atom stereocenters. The average Bonchev–Trinajstić information content (AvgIpc) is 3.04. The van der Waals surface area contributed by atoms with Gasteiger partial charge in [-0.05, 0) is 24.6 Å². The van der Waals surface area contributed by atoms with Crippen LogP contribution in [-0.4, -0.2) is 34.9 Å². The summed E-state index contributed by atoms with van der Waals surface area (Å²) in [5.74, 6) is 2.25. The molecule has 0 bridgehead atoms. The lowest BCUT2D eigenvalue weighted by Gasteiger charge is -2.19. The number of aromatic nitrogens is 3. The molecule has 0 fully saturated rings. The number of hydrogen-bond acceptors (Lipinski definition) is 5. The number of amides is 1. The molecule has 0 saturated heterocycles. The predicted octanol–water partition coefficient (Wildman–Crippen LogP) is 2.66. The maximum atomic E-state index is 13.0. The quantitative estimate of drug-likeness (QED) is 0.726. The normalized spacial score (nSPS) is 11.7. The fourth-order valence-electron chi connectivity index (χ4n) is 2.77. The van der Waals surface area contributed by atoms with Crippen LogP contribution in [0.1, 0.15) is 33.6 Å². The van der Waals surface area contributed by atoms with Gasteiger partial charge in [-0.3, -0.25) is 4.79 Å². The second-order valence-electron chi connectivity index (χ2n) is 6.08. The van der Waals surface area contributed by atoms with Gasteiger partial charge in [-0.25, -0.2) is 0 Å². The van der Waals surface area contributed by atoms with Gasteiger partial charge in [0.05, 0.1) is 14.2 Å². The van der Waals surface area contributed by atoms with Gasteiger partial charge in [0.1, 0.15) is 23.4 Å². The van der Waals surface area contributed by atoms with Gasteiger partial charge in [0, 0.05) is 18.7 Å². The minimum absolute atomic E-state index is 0.262. The summed E-state index contributed by atoms with van der Waals surface area (Å²) in [5, 5.41) is 11.4. The van der Waals surface area contributed by atoms with Crippen LogP contribution in [-0.2, 0) is 7.05 Å². The summed E-state index contributed by atoms with van der Waals surface area (Å²) in [4.78, 5) is 13.0. The molecule has 7 heteroatoms. The number of carbonyl (C=O) groups excluding carboxylic acids is 1. The molecular formula is C20H22N4O3. The number of methoxy groups -OCH3 is 2. The Hall–Kier alpha value is -3.35. The molecule has 2 aromatic carbocycles. The molecule has 1 amide bonds. The second-order valence-corrected chi connectivity index (χ2v) is 6.08. The standard InChI is InChI=1S/C20H22N4O3/c1-13-22-23-19(24(13)2)18(14-8-6-5-7-9-14)21-20(25)15-10-16(26-3)12-17(11-15)27-4/h5-12,18H,1-4H3,(H,21,25)/t18-/m1/s1. The van der Waals surface area contributed by atoms with E-state index < -0.39 is 6.04 Å². The zero-order valence-corrected chi connectivity index (χ0v) is 15.8. The second kappa shape index (κ2) is 7.90. The van der Waals surface area contributed by atoms with Crippen LogP contribution in [0.25, 0.3) is 0 Å². The number of nitrogens with one attached hydrogen (secondary N) is 1. The molecule has 0 spiro atoms. The van der Waals surface area contributed by atoms with E-state index in [-0.39, 0.29) is 5.91 Å². The van der Waals surface area contributed by atoms with Crippen molar-refractivity contribution in [1.82, 2.24) is 20.1 Å². The fourth-order valence-corrected chi connectivity index (χ4v) is 2.77. The first-order chi connectivity index (χ1) is 13.0. The maximum absolute atomic E-state index is 13.0. The Kier molecular flexibility index (Phi) is 5.40. The summed E-state index contributed by atoms with van der Waals surface area (Å²) in [6.45, 7) is 1.87. The van der Waals surface area contributed by atoms with Crippen LogP contribution in [0.4, 0.5) is 0 Å². The molecule has 0 saturated carbocycles. The number of carbonyl (C=O) groups is 1. The van der Waals surface area contributed by atoms with Crippen molar-refractivity contribution in [1.29, 1.82) is 0 Å². The number of ether oxygens (including phenoxy) is 2. The molecule has 1 N–H and O–H groups in total. The molecule has 7 nitrogen and oxygen atoms in total. The lowest BCUT2D eigenvalue weighted by atomic mass is 10.1. The van der Waals surface area contributed by atoms with Crippen LogP contribution in [0.2, 0.25) is 0 Å². The summed E-state index contributed by atoms with van der Waals surface area (Å²) in [7, 11) is 4.97. The molecule has 3 aromatic rings. The summed E-state index contributed by atoms with van der Waals surface area (Å²) in [6.07, 6.45) is 0. The van der Waals surface area contributed by atoms with Crippen molar-refractivity contribution in [2.75, 3.05) is 14.2 Å². The highest BCUT2D eigenvalue weighted by atomic mass is 16.5. The van der Waals surface area contributed by atoms with E-state index in [9.17, 15) is 4.79 Å². The van der Waals surface area contributed by atoms with Crippen molar-refractivity contribution in [3.8, 4) is 11.5 Å². The van der Waals surface area contributed by atoms with Crippen LogP contribution in [0.3, 0.4) is 0 Å². The van der Waals surface area contributed by atoms with Crippen molar-refractivity contribution in [2.45, 2.75) is 13.0 Å². The molecule has 0 radical (unpaired) electrons. The number of aryl methyl sites for hydroxylation is 1. The van der Waals surface area contributed by atoms with E-state index in [0.717, 1.165) is 11.4 Å². The Morgan fingerprint density at radius 2 is 1.67 bits per heavy atom. The monoisotopic (exact) mass is 366 g/mol. The first kappa shape index (κ1) is 18.4. The summed E-state index contributed by atoms with van der Waals surface area (Å²) >= 11 is 0. The lowest BCUT2D eigenvalue weighted by molar-refractivity contribution is 0.0940. The third-order valence-corrected chi connectivity index (χ3v) is 4.41. The van der Waals surface area contributed by atoms with Crippen LogP contribution >= 0.6 is 0 Å². The maximum Gasteiger partial charge on any atom is 0.252 e. The molecule has 27 heavy (non-hydrogen) atoms. The molecule has 0 aliphatic rings. The first-order valence-electron chi connectivity index (χ1n) is 8.48. The SMILES string of the molecule is COc1cc(OC)cc(C(=O)N[C@H](c2ccccc2)c2nnc(C)n2C)c1. The van der Waals surface area contributed by atoms with Crippen LogP contribution in [0.5, 0.6) is 11.5 Å². The minimum atomic E-state index is -0.443. The number of rotatable bonds is 6. The Morgan fingerprint density at radius 1 is 1.04 bits per heavy atom. The van der Waals surface area contributed by atoms with Gasteiger partial charge in [-0.2, -0.15) is 0 Å². The topological polar surface area (TPSA) is 78.3 Å². The summed E-state index contributed by atoms with van der Waals surface area (Å²) in [5.41, 5.74) is 1.35. The fraction of sp³-hybridized carbons (Fsp3) is 0.250. The summed E-state index contributed by atoms with van der Waals surface area (Å²) < 4.78 is 12.4. The van der Waals surface area contributed by atoms with Crippen molar-refractivity contribution in [3.05, 3.63) is 71.3 Å². The van der Waals surface area contributed by atoms with Gasteiger partial charge < -0.3 is 19.4 Å². The van der Waals surface area contributed by atoms with Crippen LogP contribution < -0.4 is 14.8 Å². The highest BCUT2D eigenvalue weighted by Gasteiger charge is 2.23. The molecule has 1 heterocycles. The Balaban J connectivity index is 1.97. The Bertz CT molecular complexity index is 915. The zero-order chi connectivity index (χ0) is 19.4. The molecule has 0 aliphatic heterocycles. The van der Waals surface area contributed by atoms with Crippen LogP contribution in [0.15, 0.2) is 48.5 Å². The largest absolute Gasteiger partial charge is 0.497 e. The van der Waals surface area contributed by atoms with Gasteiger partial charge in [0.2, 0.25) is 0 Å². The number of nitrogens with zero attached hydrogens (tertiary/aromatic N) is 3. The van der Waals surface area contributed by atoms with E-state index in [0.29, 0.717) is 22.9 Å².